The van der Waals surface area contributed by atoms with Gasteiger partial charge in [0, 0.05) is 29.2 Å². The van der Waals surface area contributed by atoms with E-state index in [-0.39, 0.29) is 11.7 Å². The lowest BCUT2D eigenvalue weighted by atomic mass is 9.87. The standard InChI is InChI=1S/C27H31Cl2N7O/c1-3-18-16-35(12-9-22(18)34-10-5-4-6-11-34)24-15-31-26-25(23(37)14-30)33-36(27(26)32-24)17(2)20-8-7-19(28)13-21(20)29/h7-8,13,15,17-18,22H,3-6,9-12,16H2,1-2H3. The molecule has 2 saturated heterocycles. The van der Waals surface area contributed by atoms with Crippen molar-refractivity contribution >= 4 is 46.0 Å². The van der Waals surface area contributed by atoms with E-state index in [4.69, 9.17) is 28.2 Å². The maximum Gasteiger partial charge on any atom is 0.284 e. The number of carbonyl (C=O) groups is 1. The largest absolute Gasteiger partial charge is 0.355 e. The van der Waals surface area contributed by atoms with Crippen molar-refractivity contribution in [2.75, 3.05) is 31.1 Å². The smallest absolute Gasteiger partial charge is 0.284 e. The van der Waals surface area contributed by atoms with Gasteiger partial charge in [-0.2, -0.15) is 10.4 Å². The number of hydrogen-bond donors (Lipinski definition) is 0. The molecule has 8 nitrogen and oxygen atoms in total. The summed E-state index contributed by atoms with van der Waals surface area (Å²) in [5, 5.41) is 14.8. The molecular formula is C27H31Cl2N7O. The van der Waals surface area contributed by atoms with Gasteiger partial charge in [0.2, 0.25) is 0 Å². The first kappa shape index (κ1) is 25.9. The first-order valence-corrected chi connectivity index (χ1v) is 13.8. The van der Waals surface area contributed by atoms with Gasteiger partial charge in [0.25, 0.3) is 5.78 Å². The molecule has 1 aromatic carbocycles. The molecule has 3 atom stereocenters. The number of rotatable bonds is 6. The molecular weight excluding hydrogens is 509 g/mol. The third-order valence-corrected chi connectivity index (χ3v) is 8.45. The van der Waals surface area contributed by atoms with Crippen LogP contribution in [0.4, 0.5) is 5.82 Å². The van der Waals surface area contributed by atoms with Crippen LogP contribution in [0.25, 0.3) is 11.2 Å². The molecule has 3 unspecified atom stereocenters. The number of anilines is 1. The van der Waals surface area contributed by atoms with Crippen LogP contribution in [0.3, 0.4) is 0 Å². The molecule has 10 heteroatoms. The Morgan fingerprint density at radius 1 is 1.22 bits per heavy atom. The summed E-state index contributed by atoms with van der Waals surface area (Å²) in [7, 11) is 0. The summed E-state index contributed by atoms with van der Waals surface area (Å²) in [4.78, 5) is 26.9. The minimum absolute atomic E-state index is 0.00345. The Kier molecular flexibility index (Phi) is 7.66. The highest BCUT2D eigenvalue weighted by Crippen LogP contribution is 2.33. The fourth-order valence-corrected chi connectivity index (χ4v) is 6.43. The molecule has 5 rings (SSSR count). The number of piperidine rings is 2. The molecule has 4 heterocycles. The first-order valence-electron chi connectivity index (χ1n) is 13.0. The maximum absolute atomic E-state index is 12.4. The molecule has 194 valence electrons. The van der Waals surface area contributed by atoms with E-state index in [1.54, 1.807) is 29.1 Å². The molecule has 3 aromatic rings. The molecule has 2 aliphatic heterocycles. The second-order valence-electron chi connectivity index (χ2n) is 10.0. The third-order valence-electron chi connectivity index (χ3n) is 7.89. The SMILES string of the molecule is CCC1CN(c2cnc3c(C(=O)C#N)nn(C(C)c4ccc(Cl)cc4Cl)c3n2)CCC1N1CCCCC1. The van der Waals surface area contributed by atoms with E-state index in [9.17, 15) is 10.1 Å². The quantitative estimate of drug-likeness (QED) is 0.300. The summed E-state index contributed by atoms with van der Waals surface area (Å²) in [5.74, 6) is 0.569. The number of carbonyl (C=O) groups excluding carboxylic acids is 1. The summed E-state index contributed by atoms with van der Waals surface area (Å²) in [6.45, 7) is 8.41. The van der Waals surface area contributed by atoms with Gasteiger partial charge in [-0.15, -0.1) is 0 Å². The first-order chi connectivity index (χ1) is 17.9. The lowest BCUT2D eigenvalue weighted by molar-refractivity contribution is 0.0974. The van der Waals surface area contributed by atoms with Gasteiger partial charge in [-0.05, 0) is 62.9 Å². The van der Waals surface area contributed by atoms with Gasteiger partial charge in [0.05, 0.1) is 12.2 Å². The monoisotopic (exact) mass is 539 g/mol. The summed E-state index contributed by atoms with van der Waals surface area (Å²) in [6, 6.07) is 7.20. The zero-order valence-electron chi connectivity index (χ0n) is 21.2. The molecule has 0 spiro atoms. The highest BCUT2D eigenvalue weighted by molar-refractivity contribution is 6.35. The van der Waals surface area contributed by atoms with Crippen molar-refractivity contribution in [3.05, 3.63) is 45.7 Å². The van der Waals surface area contributed by atoms with Gasteiger partial charge in [-0.3, -0.25) is 9.69 Å². The second kappa shape index (κ2) is 10.9. The average Bonchev–Trinajstić information content (AvgIpc) is 3.31. The highest BCUT2D eigenvalue weighted by atomic mass is 35.5. The molecule has 0 saturated carbocycles. The van der Waals surface area contributed by atoms with Crippen LogP contribution in [-0.2, 0) is 0 Å². The molecule has 0 bridgehead atoms. The van der Waals surface area contributed by atoms with Crippen molar-refractivity contribution in [2.45, 2.75) is 58.0 Å². The number of Topliss-reactive ketones (excluding diaryl/α,β-unsaturated/α-hetero) is 1. The van der Waals surface area contributed by atoms with Crippen molar-refractivity contribution in [1.82, 2.24) is 24.6 Å². The topological polar surface area (TPSA) is 90.9 Å². The molecule has 0 amide bonds. The highest BCUT2D eigenvalue weighted by Gasteiger charge is 2.34. The number of nitrogens with zero attached hydrogens (tertiary/aromatic N) is 7. The predicted molar refractivity (Wildman–Crippen MR) is 145 cm³/mol. The van der Waals surface area contributed by atoms with Crippen LogP contribution in [0.1, 0.15) is 68.0 Å². The third kappa shape index (κ3) is 5.05. The van der Waals surface area contributed by atoms with E-state index in [2.05, 4.69) is 26.8 Å². The molecule has 2 fully saturated rings. The summed E-state index contributed by atoms with van der Waals surface area (Å²) >= 11 is 12.6. The van der Waals surface area contributed by atoms with Crippen molar-refractivity contribution < 1.29 is 4.79 Å². The maximum atomic E-state index is 12.4. The van der Waals surface area contributed by atoms with Gasteiger partial charge in [-0.25, -0.2) is 14.6 Å². The van der Waals surface area contributed by atoms with Crippen LogP contribution in [0.2, 0.25) is 10.0 Å². The number of likely N-dealkylation sites (tertiary alicyclic amines) is 1. The Morgan fingerprint density at radius 2 is 2.00 bits per heavy atom. The zero-order chi connectivity index (χ0) is 26.1. The average molecular weight is 540 g/mol. The van der Waals surface area contributed by atoms with E-state index in [1.807, 2.05) is 13.0 Å². The fraction of sp³-hybridized carbons (Fsp3) is 0.519. The number of halogens is 2. The number of hydrogen-bond acceptors (Lipinski definition) is 7. The minimum Gasteiger partial charge on any atom is -0.355 e. The minimum atomic E-state index is -0.742. The molecule has 37 heavy (non-hydrogen) atoms. The van der Waals surface area contributed by atoms with Crippen LogP contribution < -0.4 is 4.90 Å². The van der Waals surface area contributed by atoms with Gasteiger partial charge < -0.3 is 4.90 Å². The molecule has 0 N–H and O–H groups in total. The lowest BCUT2D eigenvalue weighted by Gasteiger charge is -2.45. The fourth-order valence-electron chi connectivity index (χ4n) is 5.86. The van der Waals surface area contributed by atoms with E-state index < -0.39 is 5.78 Å². The number of fused-ring (bicyclic) bond motifs is 1. The Morgan fingerprint density at radius 3 is 2.70 bits per heavy atom. The van der Waals surface area contributed by atoms with Crippen LogP contribution in [0.5, 0.6) is 0 Å². The van der Waals surface area contributed by atoms with Crippen molar-refractivity contribution in [3.8, 4) is 6.07 Å². The van der Waals surface area contributed by atoms with E-state index in [1.165, 1.54) is 32.4 Å². The van der Waals surface area contributed by atoms with E-state index >= 15 is 0 Å². The van der Waals surface area contributed by atoms with Gasteiger partial charge >= 0.3 is 0 Å². The normalized spacial score (nSPS) is 21.6. The van der Waals surface area contributed by atoms with Crippen molar-refractivity contribution in [3.63, 3.8) is 0 Å². The zero-order valence-corrected chi connectivity index (χ0v) is 22.7. The lowest BCUT2D eigenvalue weighted by Crippen LogP contribution is -2.52. The van der Waals surface area contributed by atoms with Crippen molar-refractivity contribution in [1.29, 1.82) is 5.26 Å². The Labute approximate surface area is 227 Å². The molecule has 0 aliphatic carbocycles. The summed E-state index contributed by atoms with van der Waals surface area (Å²) in [6.07, 6.45) is 7.83. The summed E-state index contributed by atoms with van der Waals surface area (Å²) in [5.41, 5.74) is 1.57. The van der Waals surface area contributed by atoms with E-state index in [0.717, 1.165) is 37.3 Å². The van der Waals surface area contributed by atoms with Gasteiger partial charge in [-0.1, -0.05) is 49.0 Å². The Balaban J connectivity index is 1.49. The van der Waals surface area contributed by atoms with Crippen LogP contribution in [0, 0.1) is 17.2 Å². The van der Waals surface area contributed by atoms with Crippen LogP contribution >= 0.6 is 23.2 Å². The summed E-state index contributed by atoms with van der Waals surface area (Å²) < 4.78 is 1.64. The second-order valence-corrected chi connectivity index (χ2v) is 10.9. The van der Waals surface area contributed by atoms with Crippen LogP contribution in [-0.4, -0.2) is 62.7 Å². The van der Waals surface area contributed by atoms with Crippen LogP contribution in [0.15, 0.2) is 24.4 Å². The molecule has 2 aliphatic rings. The Bertz CT molecular complexity index is 1340. The van der Waals surface area contributed by atoms with Gasteiger partial charge in [0.15, 0.2) is 11.3 Å². The molecule has 0 radical (unpaired) electrons. The predicted octanol–water partition coefficient (Wildman–Crippen LogP) is 5.54. The molecule has 2 aromatic heterocycles. The van der Waals surface area contributed by atoms with Crippen molar-refractivity contribution in [2.24, 2.45) is 5.92 Å². The number of benzene rings is 1. The number of aromatic nitrogens is 4. The number of ketones is 1. The Hall–Kier alpha value is -2.73. The van der Waals surface area contributed by atoms with E-state index in [0.29, 0.717) is 33.2 Å². The van der Waals surface area contributed by atoms with Gasteiger partial charge in [0.1, 0.15) is 17.4 Å². The number of nitriles is 1.